The highest BCUT2D eigenvalue weighted by atomic mass is 19.4. The van der Waals surface area contributed by atoms with E-state index in [1.807, 2.05) is 0 Å². The summed E-state index contributed by atoms with van der Waals surface area (Å²) in [5.74, 6) is 0.169. The van der Waals surface area contributed by atoms with Crippen molar-refractivity contribution in [2.24, 2.45) is 0 Å². The van der Waals surface area contributed by atoms with Crippen LogP contribution in [0.3, 0.4) is 0 Å². The van der Waals surface area contributed by atoms with Crippen LogP contribution in [0.15, 0.2) is 18.2 Å². The summed E-state index contributed by atoms with van der Waals surface area (Å²) in [6, 6.07) is 7.06. The molecule has 1 saturated carbocycles. The van der Waals surface area contributed by atoms with Crippen LogP contribution in [0, 0.1) is 6.07 Å². The van der Waals surface area contributed by atoms with Crippen LogP contribution in [0.25, 0.3) is 0 Å². The third-order valence-corrected chi connectivity index (χ3v) is 2.07. The van der Waals surface area contributed by atoms with Gasteiger partial charge in [-0.05, 0) is 30.4 Å². The third-order valence-electron chi connectivity index (χ3n) is 2.07. The van der Waals surface area contributed by atoms with E-state index in [1.54, 1.807) is 6.07 Å². The predicted molar refractivity (Wildman–Crippen MR) is 43.9 cm³/mol. The minimum atomic E-state index is -4.63. The average Bonchev–Trinajstić information content (AvgIpc) is 2.83. The van der Waals surface area contributed by atoms with Crippen molar-refractivity contribution in [2.45, 2.75) is 25.1 Å². The first-order chi connectivity index (χ1) is 6.54. The van der Waals surface area contributed by atoms with Crippen LogP contribution in [0.4, 0.5) is 13.2 Å². The molecule has 0 aromatic heterocycles. The van der Waals surface area contributed by atoms with Crippen LogP contribution in [0.2, 0.25) is 0 Å². The Morgan fingerprint density at radius 3 is 2.64 bits per heavy atom. The summed E-state index contributed by atoms with van der Waals surface area (Å²) in [6.07, 6.45) is -2.52. The molecule has 1 fully saturated rings. The first-order valence-electron chi connectivity index (χ1n) is 4.32. The standard InChI is InChI=1S/C10H8F3O/c11-10(12,13)14-9-3-1-2-8(6-9)7-4-5-7/h1-2,6-7H,4-5H2. The summed E-state index contributed by atoms with van der Waals surface area (Å²) in [7, 11) is 0. The molecule has 1 aromatic carbocycles. The molecule has 4 heteroatoms. The van der Waals surface area contributed by atoms with Gasteiger partial charge in [0.2, 0.25) is 0 Å². The van der Waals surface area contributed by atoms with Crippen molar-refractivity contribution in [3.05, 3.63) is 29.8 Å². The molecule has 0 spiro atoms. The molecule has 0 atom stereocenters. The second-order valence-corrected chi connectivity index (χ2v) is 3.31. The van der Waals surface area contributed by atoms with Crippen molar-refractivity contribution in [2.75, 3.05) is 0 Å². The van der Waals surface area contributed by atoms with E-state index in [9.17, 15) is 13.2 Å². The van der Waals surface area contributed by atoms with Crippen molar-refractivity contribution >= 4 is 0 Å². The maximum Gasteiger partial charge on any atom is 0.573 e. The van der Waals surface area contributed by atoms with Gasteiger partial charge in [-0.15, -0.1) is 13.2 Å². The molecule has 1 aliphatic rings. The highest BCUT2D eigenvalue weighted by molar-refractivity contribution is 5.32. The minimum Gasteiger partial charge on any atom is -0.405 e. The first kappa shape index (κ1) is 9.37. The highest BCUT2D eigenvalue weighted by Gasteiger charge is 2.32. The van der Waals surface area contributed by atoms with E-state index in [2.05, 4.69) is 10.8 Å². The van der Waals surface area contributed by atoms with E-state index in [1.165, 1.54) is 12.1 Å². The maximum absolute atomic E-state index is 11.8. The monoisotopic (exact) mass is 201 g/mol. The molecule has 2 rings (SSSR count). The van der Waals surface area contributed by atoms with E-state index in [0.717, 1.165) is 18.4 Å². The van der Waals surface area contributed by atoms with Gasteiger partial charge >= 0.3 is 6.36 Å². The van der Waals surface area contributed by atoms with E-state index in [4.69, 9.17) is 0 Å². The summed E-state index contributed by atoms with van der Waals surface area (Å²) in [5, 5.41) is 0. The van der Waals surface area contributed by atoms with Gasteiger partial charge in [0.15, 0.2) is 0 Å². The van der Waals surface area contributed by atoms with Crippen molar-refractivity contribution in [1.29, 1.82) is 0 Å². The Balaban J connectivity index is 2.13. The summed E-state index contributed by atoms with van der Waals surface area (Å²) in [4.78, 5) is 0. The Kier molecular flexibility index (Phi) is 2.13. The lowest BCUT2D eigenvalue weighted by Crippen LogP contribution is -2.17. The highest BCUT2D eigenvalue weighted by Crippen LogP contribution is 2.41. The Bertz CT molecular complexity index is 328. The Labute approximate surface area is 79.5 Å². The number of alkyl halides is 3. The van der Waals surface area contributed by atoms with Gasteiger partial charge in [0.1, 0.15) is 5.75 Å². The number of rotatable bonds is 2. The SMILES string of the molecule is FC(F)(F)Oc1[c]ccc(C2CC2)c1. The van der Waals surface area contributed by atoms with Gasteiger partial charge in [0, 0.05) is 6.07 Å². The van der Waals surface area contributed by atoms with E-state index in [-0.39, 0.29) is 5.75 Å². The molecule has 1 aromatic rings. The lowest BCUT2D eigenvalue weighted by atomic mass is 10.1. The molecule has 1 aliphatic carbocycles. The lowest BCUT2D eigenvalue weighted by molar-refractivity contribution is -0.274. The smallest absolute Gasteiger partial charge is 0.405 e. The van der Waals surface area contributed by atoms with E-state index in [0.29, 0.717) is 5.92 Å². The van der Waals surface area contributed by atoms with Crippen molar-refractivity contribution in [1.82, 2.24) is 0 Å². The largest absolute Gasteiger partial charge is 0.573 e. The maximum atomic E-state index is 11.8. The molecule has 0 amide bonds. The van der Waals surface area contributed by atoms with Crippen molar-refractivity contribution in [3.63, 3.8) is 0 Å². The zero-order valence-electron chi connectivity index (χ0n) is 7.27. The Morgan fingerprint density at radius 2 is 2.07 bits per heavy atom. The normalized spacial score (nSPS) is 16.8. The van der Waals surface area contributed by atoms with Crippen LogP contribution in [0.5, 0.6) is 5.75 Å². The first-order valence-corrected chi connectivity index (χ1v) is 4.32. The minimum absolute atomic E-state index is 0.248. The molecule has 0 heterocycles. The van der Waals surface area contributed by atoms with Gasteiger partial charge in [-0.3, -0.25) is 0 Å². The number of hydrogen-bond acceptors (Lipinski definition) is 1. The number of hydrogen-bond donors (Lipinski definition) is 0. The molecule has 75 valence electrons. The van der Waals surface area contributed by atoms with Gasteiger partial charge in [-0.1, -0.05) is 12.1 Å². The summed E-state index contributed by atoms with van der Waals surface area (Å²) in [5.41, 5.74) is 0.906. The lowest BCUT2D eigenvalue weighted by Gasteiger charge is -2.09. The van der Waals surface area contributed by atoms with Crippen LogP contribution < -0.4 is 4.74 Å². The summed E-state index contributed by atoms with van der Waals surface area (Å²) < 4.78 is 39.3. The Morgan fingerprint density at radius 1 is 1.36 bits per heavy atom. The molecule has 1 radical (unpaired) electrons. The van der Waals surface area contributed by atoms with Gasteiger partial charge in [0.25, 0.3) is 0 Å². The molecule has 14 heavy (non-hydrogen) atoms. The van der Waals surface area contributed by atoms with Crippen LogP contribution in [0.1, 0.15) is 24.3 Å². The number of ether oxygens (including phenoxy) is 1. The molecule has 0 N–H and O–H groups in total. The zero-order valence-corrected chi connectivity index (χ0v) is 7.27. The van der Waals surface area contributed by atoms with Gasteiger partial charge in [0.05, 0.1) is 0 Å². The fourth-order valence-electron chi connectivity index (χ4n) is 1.32. The second-order valence-electron chi connectivity index (χ2n) is 3.31. The fraction of sp³-hybridized carbons (Fsp3) is 0.400. The predicted octanol–water partition coefficient (Wildman–Crippen LogP) is 3.26. The summed E-state index contributed by atoms with van der Waals surface area (Å²) >= 11 is 0. The molecule has 0 aliphatic heterocycles. The fourth-order valence-corrected chi connectivity index (χ4v) is 1.32. The van der Waals surface area contributed by atoms with Crippen LogP contribution in [-0.2, 0) is 0 Å². The Hall–Kier alpha value is -1.19. The molecular formula is C10H8F3O. The summed E-state index contributed by atoms with van der Waals surface area (Å²) in [6.45, 7) is 0. The second kappa shape index (κ2) is 3.19. The van der Waals surface area contributed by atoms with Crippen LogP contribution >= 0.6 is 0 Å². The van der Waals surface area contributed by atoms with Crippen molar-refractivity contribution in [3.8, 4) is 5.75 Å². The third kappa shape index (κ3) is 2.40. The van der Waals surface area contributed by atoms with Gasteiger partial charge < -0.3 is 4.74 Å². The molecular weight excluding hydrogens is 193 g/mol. The number of halogens is 3. The molecule has 0 bridgehead atoms. The van der Waals surface area contributed by atoms with Gasteiger partial charge in [-0.2, -0.15) is 0 Å². The zero-order chi connectivity index (χ0) is 10.2. The molecule has 1 nitrogen and oxygen atoms in total. The average molecular weight is 201 g/mol. The van der Waals surface area contributed by atoms with Gasteiger partial charge in [-0.25, -0.2) is 0 Å². The van der Waals surface area contributed by atoms with E-state index >= 15 is 0 Å². The molecule has 0 saturated heterocycles. The van der Waals surface area contributed by atoms with Crippen LogP contribution in [-0.4, -0.2) is 6.36 Å². The van der Waals surface area contributed by atoms with E-state index < -0.39 is 6.36 Å². The molecule has 0 unspecified atom stereocenters. The quantitative estimate of drug-likeness (QED) is 0.713. The van der Waals surface area contributed by atoms with Crippen molar-refractivity contribution < 1.29 is 17.9 Å². The number of benzene rings is 1. The topological polar surface area (TPSA) is 9.23 Å².